The first-order valence-corrected chi connectivity index (χ1v) is 7.47. The van der Waals surface area contributed by atoms with Gasteiger partial charge in [-0.1, -0.05) is 57.9 Å². The summed E-state index contributed by atoms with van der Waals surface area (Å²) in [5.74, 6) is 0. The highest BCUT2D eigenvalue weighted by Gasteiger charge is 2.17. The second-order valence-corrected chi connectivity index (χ2v) is 6.16. The zero-order valence-electron chi connectivity index (χ0n) is 11.2. The maximum atomic E-state index is 5.48. The van der Waals surface area contributed by atoms with Gasteiger partial charge in [0.05, 0.1) is 18.0 Å². The highest BCUT2D eigenvalue weighted by atomic mass is 79.9. The first-order valence-electron chi connectivity index (χ1n) is 6.56. The summed E-state index contributed by atoms with van der Waals surface area (Å²) in [6.07, 6.45) is 0. The minimum atomic E-state index is 0.248. The van der Waals surface area contributed by atoms with E-state index in [0.29, 0.717) is 0 Å². The van der Waals surface area contributed by atoms with Gasteiger partial charge in [0.15, 0.2) is 0 Å². The number of rotatable bonds is 2. The molecule has 19 heavy (non-hydrogen) atoms. The van der Waals surface area contributed by atoms with Gasteiger partial charge in [-0.2, -0.15) is 0 Å². The molecule has 98 valence electrons. The summed E-state index contributed by atoms with van der Waals surface area (Å²) in [4.78, 5) is 0.248. The van der Waals surface area contributed by atoms with Crippen LogP contribution < -0.4 is 0 Å². The van der Waals surface area contributed by atoms with Crippen molar-refractivity contribution in [1.29, 1.82) is 0 Å². The summed E-state index contributed by atoms with van der Waals surface area (Å²) in [5, 5.41) is 0. The van der Waals surface area contributed by atoms with Crippen LogP contribution in [0.15, 0.2) is 36.4 Å². The van der Waals surface area contributed by atoms with Gasteiger partial charge in [0.2, 0.25) is 0 Å². The third-order valence-corrected chi connectivity index (χ3v) is 4.77. The first-order chi connectivity index (χ1) is 9.15. The number of alkyl halides is 1. The molecule has 2 heteroatoms. The molecule has 0 saturated carbocycles. The molecule has 1 unspecified atom stereocenters. The van der Waals surface area contributed by atoms with Crippen molar-refractivity contribution in [3.05, 3.63) is 69.8 Å². The van der Waals surface area contributed by atoms with Crippen LogP contribution in [0.1, 0.15) is 38.2 Å². The molecule has 1 aliphatic rings. The minimum absolute atomic E-state index is 0.248. The average Bonchev–Trinajstić information content (AvgIpc) is 2.88. The molecule has 0 spiro atoms. The normalized spacial score (nSPS) is 15.3. The Morgan fingerprint density at radius 1 is 1.00 bits per heavy atom. The molecule has 0 N–H and O–H groups in total. The van der Waals surface area contributed by atoms with E-state index in [9.17, 15) is 0 Å². The van der Waals surface area contributed by atoms with E-state index in [1.807, 2.05) is 0 Å². The van der Waals surface area contributed by atoms with Crippen LogP contribution >= 0.6 is 15.9 Å². The maximum absolute atomic E-state index is 5.48. The smallest absolute Gasteiger partial charge is 0.0725 e. The largest absolute Gasteiger partial charge is 0.372 e. The molecule has 1 atom stereocenters. The standard InChI is InChI=1S/C17H17BrO/c1-11-3-4-12(2)16(7-11)17(18)13-5-6-14-9-19-10-15(14)8-13/h3-8,17H,9-10H2,1-2H3. The molecule has 1 aliphatic heterocycles. The van der Waals surface area contributed by atoms with E-state index >= 15 is 0 Å². The molecule has 0 aromatic heterocycles. The van der Waals surface area contributed by atoms with E-state index in [1.54, 1.807) is 0 Å². The Morgan fingerprint density at radius 3 is 2.63 bits per heavy atom. The van der Waals surface area contributed by atoms with Crippen LogP contribution in [0.4, 0.5) is 0 Å². The molecule has 0 bridgehead atoms. The van der Waals surface area contributed by atoms with E-state index in [4.69, 9.17) is 4.74 Å². The zero-order chi connectivity index (χ0) is 13.4. The van der Waals surface area contributed by atoms with Gasteiger partial charge in [-0.25, -0.2) is 0 Å². The van der Waals surface area contributed by atoms with E-state index in [-0.39, 0.29) is 4.83 Å². The Bertz CT molecular complexity index is 619. The van der Waals surface area contributed by atoms with Crippen molar-refractivity contribution >= 4 is 15.9 Å². The van der Waals surface area contributed by atoms with E-state index in [0.717, 1.165) is 13.2 Å². The van der Waals surface area contributed by atoms with Crippen molar-refractivity contribution in [2.24, 2.45) is 0 Å². The number of aryl methyl sites for hydroxylation is 2. The average molecular weight is 317 g/mol. The number of benzene rings is 2. The summed E-state index contributed by atoms with van der Waals surface area (Å²) >= 11 is 3.85. The molecule has 2 aromatic carbocycles. The van der Waals surface area contributed by atoms with E-state index < -0.39 is 0 Å². The molecule has 1 heterocycles. The number of fused-ring (bicyclic) bond motifs is 1. The lowest BCUT2D eigenvalue weighted by molar-refractivity contribution is 0.134. The Morgan fingerprint density at radius 2 is 1.79 bits per heavy atom. The molecule has 0 fully saturated rings. The van der Waals surface area contributed by atoms with Crippen LogP contribution in [0.2, 0.25) is 0 Å². The third-order valence-electron chi connectivity index (χ3n) is 3.75. The Balaban J connectivity index is 1.99. The Kier molecular flexibility index (Phi) is 3.46. The summed E-state index contributed by atoms with van der Waals surface area (Å²) in [5.41, 5.74) is 7.92. The lowest BCUT2D eigenvalue weighted by Crippen LogP contribution is -1.98. The molecule has 0 aliphatic carbocycles. The fourth-order valence-electron chi connectivity index (χ4n) is 2.56. The van der Waals surface area contributed by atoms with Crippen molar-refractivity contribution in [2.75, 3.05) is 0 Å². The molecule has 0 saturated heterocycles. The SMILES string of the molecule is Cc1ccc(C)c(C(Br)c2ccc3c(c2)COC3)c1. The van der Waals surface area contributed by atoms with Crippen LogP contribution in [0, 0.1) is 13.8 Å². The van der Waals surface area contributed by atoms with Gasteiger partial charge in [0, 0.05) is 0 Å². The van der Waals surface area contributed by atoms with Crippen molar-refractivity contribution in [3.8, 4) is 0 Å². The van der Waals surface area contributed by atoms with Gasteiger partial charge in [-0.05, 0) is 41.7 Å². The van der Waals surface area contributed by atoms with Crippen molar-refractivity contribution in [2.45, 2.75) is 31.9 Å². The Hall–Kier alpha value is -1.12. The van der Waals surface area contributed by atoms with Crippen LogP contribution in [-0.2, 0) is 18.0 Å². The van der Waals surface area contributed by atoms with Gasteiger partial charge in [0.25, 0.3) is 0 Å². The number of halogens is 1. The van der Waals surface area contributed by atoms with Crippen molar-refractivity contribution in [3.63, 3.8) is 0 Å². The highest BCUT2D eigenvalue weighted by Crippen LogP contribution is 2.35. The topological polar surface area (TPSA) is 9.23 Å². The second-order valence-electron chi connectivity index (χ2n) is 5.24. The number of hydrogen-bond acceptors (Lipinski definition) is 1. The van der Waals surface area contributed by atoms with Crippen LogP contribution in [-0.4, -0.2) is 0 Å². The van der Waals surface area contributed by atoms with Crippen molar-refractivity contribution in [1.82, 2.24) is 0 Å². The van der Waals surface area contributed by atoms with Gasteiger partial charge in [-0.3, -0.25) is 0 Å². The highest BCUT2D eigenvalue weighted by molar-refractivity contribution is 9.09. The zero-order valence-corrected chi connectivity index (χ0v) is 12.8. The van der Waals surface area contributed by atoms with Gasteiger partial charge < -0.3 is 4.74 Å². The fraction of sp³-hybridized carbons (Fsp3) is 0.294. The lowest BCUT2D eigenvalue weighted by atomic mass is 9.96. The quantitative estimate of drug-likeness (QED) is 0.722. The fourth-order valence-corrected chi connectivity index (χ4v) is 3.34. The van der Waals surface area contributed by atoms with Crippen LogP contribution in [0.5, 0.6) is 0 Å². The molecular weight excluding hydrogens is 300 g/mol. The van der Waals surface area contributed by atoms with E-state index in [2.05, 4.69) is 66.2 Å². The number of ether oxygens (including phenoxy) is 1. The summed E-state index contributed by atoms with van der Waals surface area (Å²) in [7, 11) is 0. The van der Waals surface area contributed by atoms with Crippen LogP contribution in [0.25, 0.3) is 0 Å². The summed E-state index contributed by atoms with van der Waals surface area (Å²) in [6, 6.07) is 13.3. The second kappa shape index (κ2) is 5.10. The third kappa shape index (κ3) is 2.47. The predicted molar refractivity (Wildman–Crippen MR) is 81.6 cm³/mol. The van der Waals surface area contributed by atoms with Gasteiger partial charge >= 0.3 is 0 Å². The van der Waals surface area contributed by atoms with Crippen LogP contribution in [0.3, 0.4) is 0 Å². The van der Waals surface area contributed by atoms with Gasteiger partial charge in [0.1, 0.15) is 0 Å². The summed E-state index contributed by atoms with van der Waals surface area (Å²) < 4.78 is 5.48. The molecule has 1 nitrogen and oxygen atoms in total. The van der Waals surface area contributed by atoms with E-state index in [1.165, 1.54) is 33.4 Å². The first kappa shape index (κ1) is 12.9. The number of hydrogen-bond donors (Lipinski definition) is 0. The maximum Gasteiger partial charge on any atom is 0.0725 e. The summed E-state index contributed by atoms with van der Waals surface area (Å²) in [6.45, 7) is 5.81. The predicted octanol–water partition coefficient (Wildman–Crippen LogP) is 4.82. The van der Waals surface area contributed by atoms with Gasteiger partial charge in [-0.15, -0.1) is 0 Å². The molecule has 0 amide bonds. The monoisotopic (exact) mass is 316 g/mol. The molecule has 3 rings (SSSR count). The lowest BCUT2D eigenvalue weighted by Gasteiger charge is -2.15. The van der Waals surface area contributed by atoms with Crippen molar-refractivity contribution < 1.29 is 4.74 Å². The molecule has 2 aromatic rings. The minimum Gasteiger partial charge on any atom is -0.372 e. The molecule has 0 radical (unpaired) electrons. The molecular formula is C17H17BrO. The Labute approximate surface area is 122 Å².